The summed E-state index contributed by atoms with van der Waals surface area (Å²) in [6, 6.07) is 14.4. The molecule has 2 aromatic rings. The lowest BCUT2D eigenvalue weighted by Crippen LogP contribution is -2.03. The molecule has 0 saturated heterocycles. The van der Waals surface area contributed by atoms with Gasteiger partial charge in [-0.1, -0.05) is 12.1 Å². The van der Waals surface area contributed by atoms with E-state index in [9.17, 15) is 13.2 Å². The van der Waals surface area contributed by atoms with Crippen LogP contribution in [0.1, 0.15) is 5.56 Å². The standard InChI is InChI=1S/C14H8F3IN2/c15-14(16,17)10-5-7-11(8-6-10)19-9-20-13-4-2-1-3-12(13)18/h1-8H. The van der Waals surface area contributed by atoms with Gasteiger partial charge in [0, 0.05) is 3.57 Å². The molecule has 0 unspecified atom stereocenters. The Hall–Kier alpha value is -1.66. The molecular weight excluding hydrogens is 380 g/mol. The van der Waals surface area contributed by atoms with E-state index in [4.69, 9.17) is 0 Å². The van der Waals surface area contributed by atoms with E-state index in [1.807, 2.05) is 18.2 Å². The minimum Gasteiger partial charge on any atom is -0.188 e. The second-order valence-corrected chi connectivity index (χ2v) is 4.98. The lowest BCUT2D eigenvalue weighted by Gasteiger charge is -2.05. The van der Waals surface area contributed by atoms with E-state index in [0.717, 1.165) is 15.7 Å². The number of aliphatic imine (C=N–C) groups is 2. The molecule has 0 atom stereocenters. The van der Waals surface area contributed by atoms with Gasteiger partial charge in [-0.15, -0.1) is 0 Å². The van der Waals surface area contributed by atoms with Gasteiger partial charge in [-0.3, -0.25) is 0 Å². The quantitative estimate of drug-likeness (QED) is 0.483. The molecule has 0 aliphatic carbocycles. The molecule has 0 amide bonds. The van der Waals surface area contributed by atoms with Crippen molar-refractivity contribution in [3.63, 3.8) is 0 Å². The second kappa shape index (κ2) is 6.19. The van der Waals surface area contributed by atoms with Crippen LogP contribution in [0.2, 0.25) is 0 Å². The molecule has 0 saturated carbocycles. The molecule has 0 heterocycles. The Kier molecular flexibility index (Phi) is 4.57. The minimum absolute atomic E-state index is 0.368. The summed E-state index contributed by atoms with van der Waals surface area (Å²) in [6.45, 7) is 0. The number of nitrogens with zero attached hydrogens (tertiary/aromatic N) is 2. The minimum atomic E-state index is -4.34. The molecule has 0 aliphatic rings. The van der Waals surface area contributed by atoms with Crippen LogP contribution in [0.15, 0.2) is 58.5 Å². The van der Waals surface area contributed by atoms with Crippen LogP contribution in [-0.2, 0) is 6.18 Å². The summed E-state index contributed by atoms with van der Waals surface area (Å²) in [5.41, 5.74) is 0.377. The predicted molar refractivity (Wildman–Crippen MR) is 79.8 cm³/mol. The number of rotatable bonds is 2. The van der Waals surface area contributed by atoms with Crippen LogP contribution in [0.3, 0.4) is 0 Å². The van der Waals surface area contributed by atoms with Crippen LogP contribution in [-0.4, -0.2) is 6.01 Å². The van der Waals surface area contributed by atoms with E-state index < -0.39 is 11.7 Å². The van der Waals surface area contributed by atoms with Crippen molar-refractivity contribution in [3.05, 3.63) is 57.7 Å². The molecule has 102 valence electrons. The monoisotopic (exact) mass is 388 g/mol. The fraction of sp³-hybridized carbons (Fsp3) is 0.0714. The highest BCUT2D eigenvalue weighted by Crippen LogP contribution is 2.30. The molecule has 0 aromatic heterocycles. The number of para-hydroxylation sites is 1. The smallest absolute Gasteiger partial charge is 0.188 e. The van der Waals surface area contributed by atoms with Gasteiger partial charge in [0.15, 0.2) is 0 Å². The van der Waals surface area contributed by atoms with Crippen LogP contribution in [0.25, 0.3) is 0 Å². The third kappa shape index (κ3) is 3.91. The summed E-state index contributed by atoms with van der Waals surface area (Å²) in [5, 5.41) is 0. The molecule has 2 rings (SSSR count). The van der Waals surface area contributed by atoms with E-state index in [2.05, 4.69) is 38.6 Å². The molecule has 0 fully saturated rings. The van der Waals surface area contributed by atoms with Gasteiger partial charge in [0.2, 0.25) is 0 Å². The molecule has 0 bridgehead atoms. The summed E-state index contributed by atoms with van der Waals surface area (Å²) in [4.78, 5) is 7.90. The molecule has 0 radical (unpaired) electrons. The average molecular weight is 388 g/mol. The van der Waals surface area contributed by atoms with Gasteiger partial charge >= 0.3 is 6.18 Å². The van der Waals surface area contributed by atoms with Gasteiger partial charge in [0.1, 0.15) is 6.01 Å². The molecule has 20 heavy (non-hydrogen) atoms. The van der Waals surface area contributed by atoms with Crippen molar-refractivity contribution >= 4 is 40.0 Å². The van der Waals surface area contributed by atoms with Gasteiger partial charge < -0.3 is 0 Å². The largest absolute Gasteiger partial charge is 0.416 e. The normalized spacial score (nSPS) is 10.8. The first-order valence-corrected chi connectivity index (χ1v) is 6.63. The summed E-state index contributed by atoms with van der Waals surface area (Å²) in [6.07, 6.45) is -4.34. The zero-order valence-electron chi connectivity index (χ0n) is 10.0. The van der Waals surface area contributed by atoms with E-state index in [1.54, 1.807) is 6.07 Å². The van der Waals surface area contributed by atoms with E-state index in [-0.39, 0.29) is 0 Å². The highest BCUT2D eigenvalue weighted by atomic mass is 127. The van der Waals surface area contributed by atoms with Crippen LogP contribution < -0.4 is 0 Å². The van der Waals surface area contributed by atoms with Gasteiger partial charge in [-0.25, -0.2) is 0 Å². The van der Waals surface area contributed by atoms with Crippen LogP contribution in [0.4, 0.5) is 24.5 Å². The van der Waals surface area contributed by atoms with Crippen LogP contribution >= 0.6 is 22.6 Å². The second-order valence-electron chi connectivity index (χ2n) is 3.82. The Morgan fingerprint density at radius 2 is 1.55 bits per heavy atom. The molecular formula is C14H8F3IN2. The highest BCUT2D eigenvalue weighted by Gasteiger charge is 2.29. The van der Waals surface area contributed by atoms with Gasteiger partial charge in [-0.05, 0) is 59.0 Å². The Labute approximate surface area is 127 Å². The van der Waals surface area contributed by atoms with E-state index >= 15 is 0 Å². The van der Waals surface area contributed by atoms with Crippen molar-refractivity contribution in [3.8, 4) is 0 Å². The van der Waals surface area contributed by atoms with Crippen LogP contribution in [0, 0.1) is 3.57 Å². The lowest BCUT2D eigenvalue weighted by molar-refractivity contribution is -0.137. The van der Waals surface area contributed by atoms with Crippen molar-refractivity contribution in [1.29, 1.82) is 0 Å². The number of halogens is 4. The number of hydrogen-bond donors (Lipinski definition) is 0. The SMILES string of the molecule is FC(F)(F)c1ccc(N=C=Nc2ccccc2I)cc1. The first-order chi connectivity index (χ1) is 9.47. The third-order valence-electron chi connectivity index (χ3n) is 2.40. The van der Waals surface area contributed by atoms with E-state index in [1.165, 1.54) is 12.1 Å². The van der Waals surface area contributed by atoms with Gasteiger partial charge in [0.25, 0.3) is 0 Å². The molecule has 6 heteroatoms. The van der Waals surface area contributed by atoms with E-state index in [0.29, 0.717) is 11.4 Å². The zero-order chi connectivity index (χ0) is 14.6. The summed E-state index contributed by atoms with van der Waals surface area (Å²) >= 11 is 2.13. The van der Waals surface area contributed by atoms with Crippen molar-refractivity contribution in [2.75, 3.05) is 0 Å². The van der Waals surface area contributed by atoms with Crippen molar-refractivity contribution in [2.45, 2.75) is 6.18 Å². The van der Waals surface area contributed by atoms with Crippen molar-refractivity contribution in [1.82, 2.24) is 0 Å². The topological polar surface area (TPSA) is 24.7 Å². The van der Waals surface area contributed by atoms with Gasteiger partial charge in [-0.2, -0.15) is 23.2 Å². The fourth-order valence-electron chi connectivity index (χ4n) is 1.40. The Morgan fingerprint density at radius 3 is 2.15 bits per heavy atom. The zero-order valence-corrected chi connectivity index (χ0v) is 12.2. The number of alkyl halides is 3. The molecule has 2 nitrogen and oxygen atoms in total. The maximum Gasteiger partial charge on any atom is 0.416 e. The van der Waals surface area contributed by atoms with Crippen LogP contribution in [0.5, 0.6) is 0 Å². The lowest BCUT2D eigenvalue weighted by atomic mass is 10.2. The summed E-state index contributed by atoms with van der Waals surface area (Å²) < 4.78 is 38.1. The third-order valence-corrected chi connectivity index (χ3v) is 3.31. The predicted octanol–water partition coefficient (Wildman–Crippen LogP) is 5.45. The number of benzene rings is 2. The maximum absolute atomic E-state index is 12.4. The summed E-state index contributed by atoms with van der Waals surface area (Å²) in [7, 11) is 0. The van der Waals surface area contributed by atoms with Crippen molar-refractivity contribution in [2.24, 2.45) is 9.98 Å². The molecule has 2 aromatic carbocycles. The molecule has 0 N–H and O–H groups in total. The fourth-order valence-corrected chi connectivity index (χ4v) is 1.91. The molecule has 0 aliphatic heterocycles. The molecule has 0 spiro atoms. The average Bonchev–Trinajstić information content (AvgIpc) is 2.40. The first kappa shape index (κ1) is 14.7. The van der Waals surface area contributed by atoms with Gasteiger partial charge in [0.05, 0.1) is 16.9 Å². The van der Waals surface area contributed by atoms with Crippen molar-refractivity contribution < 1.29 is 13.2 Å². The Morgan fingerprint density at radius 1 is 0.900 bits per heavy atom. The first-order valence-electron chi connectivity index (χ1n) is 5.55. The number of hydrogen-bond acceptors (Lipinski definition) is 2. The Bertz CT molecular complexity index is 657. The summed E-state index contributed by atoms with van der Waals surface area (Å²) in [5.74, 6) is 0. The maximum atomic E-state index is 12.4. The highest BCUT2D eigenvalue weighted by molar-refractivity contribution is 14.1. The Balaban J connectivity index is 2.18.